The second kappa shape index (κ2) is 5.78. The van der Waals surface area contributed by atoms with E-state index in [1.54, 1.807) is 0 Å². The number of imidazole rings is 1. The van der Waals surface area contributed by atoms with E-state index >= 15 is 0 Å². The summed E-state index contributed by atoms with van der Waals surface area (Å²) in [5, 5.41) is 1.35. The molecule has 0 spiro atoms. The van der Waals surface area contributed by atoms with E-state index in [0.717, 1.165) is 17.8 Å². The van der Waals surface area contributed by atoms with Crippen molar-refractivity contribution in [2.75, 3.05) is 0 Å². The fourth-order valence-electron chi connectivity index (χ4n) is 4.79. The van der Waals surface area contributed by atoms with Gasteiger partial charge < -0.3 is 4.57 Å². The number of benzene rings is 2. The normalized spacial score (nSPS) is 13.4. The summed E-state index contributed by atoms with van der Waals surface area (Å²) in [5.41, 5.74) is 12.8. The quantitative estimate of drug-likeness (QED) is 0.416. The molecule has 0 amide bonds. The largest absolute Gasteiger partial charge is 0.303 e. The SMILES string of the molecule is CC1=Cn2c(nc3c(C)c(C)c(-c4cc(C)c5c(C)cccc5[n+]4C)cc32)C1. The van der Waals surface area contributed by atoms with Gasteiger partial charge >= 0.3 is 0 Å². The molecule has 2 aromatic carbocycles. The molecule has 5 rings (SSSR count). The third-order valence-corrected chi connectivity index (χ3v) is 6.41. The number of aryl methyl sites for hydroxylation is 4. The van der Waals surface area contributed by atoms with Gasteiger partial charge in [0.1, 0.15) is 12.9 Å². The topological polar surface area (TPSA) is 21.7 Å². The van der Waals surface area contributed by atoms with Gasteiger partial charge in [-0.25, -0.2) is 4.98 Å². The van der Waals surface area contributed by atoms with E-state index in [2.05, 4.69) is 87.3 Å². The van der Waals surface area contributed by atoms with Gasteiger partial charge in [-0.2, -0.15) is 4.57 Å². The summed E-state index contributed by atoms with van der Waals surface area (Å²) in [5.74, 6) is 1.15. The van der Waals surface area contributed by atoms with Gasteiger partial charge in [-0.3, -0.25) is 0 Å². The average molecular weight is 369 g/mol. The van der Waals surface area contributed by atoms with Gasteiger partial charge in [0.2, 0.25) is 11.2 Å². The van der Waals surface area contributed by atoms with Crippen LogP contribution in [0.1, 0.15) is 35.0 Å². The second-order valence-corrected chi connectivity index (χ2v) is 8.33. The van der Waals surface area contributed by atoms with Crippen molar-refractivity contribution in [2.45, 2.75) is 41.0 Å². The maximum Gasteiger partial charge on any atom is 0.213 e. The first-order chi connectivity index (χ1) is 13.4. The Balaban J connectivity index is 1.87. The van der Waals surface area contributed by atoms with Crippen molar-refractivity contribution < 1.29 is 4.57 Å². The van der Waals surface area contributed by atoms with Crippen LogP contribution in [0.2, 0.25) is 0 Å². The van der Waals surface area contributed by atoms with E-state index < -0.39 is 0 Å². The molecule has 1 aliphatic rings. The van der Waals surface area contributed by atoms with Gasteiger partial charge in [-0.1, -0.05) is 12.1 Å². The van der Waals surface area contributed by atoms with Crippen LogP contribution in [0, 0.1) is 27.7 Å². The third-order valence-electron chi connectivity index (χ3n) is 6.41. The number of allylic oxidation sites excluding steroid dienone is 1. The summed E-state index contributed by atoms with van der Waals surface area (Å²) in [6.45, 7) is 11.0. The Kier molecular flexibility index (Phi) is 3.54. The van der Waals surface area contributed by atoms with Gasteiger partial charge in [0.25, 0.3) is 0 Å². The molecule has 3 nitrogen and oxygen atoms in total. The van der Waals surface area contributed by atoms with Crippen molar-refractivity contribution in [3.05, 3.63) is 64.0 Å². The lowest BCUT2D eigenvalue weighted by molar-refractivity contribution is -0.633. The molecule has 140 valence electrons. The fourth-order valence-corrected chi connectivity index (χ4v) is 4.79. The summed E-state index contributed by atoms with van der Waals surface area (Å²) < 4.78 is 4.62. The number of fused-ring (bicyclic) bond motifs is 4. The van der Waals surface area contributed by atoms with Crippen LogP contribution in [0.15, 0.2) is 35.9 Å². The average Bonchev–Trinajstić information content (AvgIpc) is 3.17. The molecule has 4 aromatic rings. The molecule has 0 radical (unpaired) electrons. The molecular weight excluding hydrogens is 342 g/mol. The lowest BCUT2D eigenvalue weighted by Gasteiger charge is -2.12. The number of hydrogen-bond acceptors (Lipinski definition) is 1. The van der Waals surface area contributed by atoms with Gasteiger partial charge in [-0.05, 0) is 68.5 Å². The molecule has 0 atom stereocenters. The summed E-state index contributed by atoms with van der Waals surface area (Å²) >= 11 is 0. The summed E-state index contributed by atoms with van der Waals surface area (Å²) in [7, 11) is 2.18. The van der Waals surface area contributed by atoms with E-state index in [0.29, 0.717) is 0 Å². The number of rotatable bonds is 1. The van der Waals surface area contributed by atoms with E-state index in [4.69, 9.17) is 4.98 Å². The predicted molar refractivity (Wildman–Crippen MR) is 116 cm³/mol. The summed E-state index contributed by atoms with van der Waals surface area (Å²) in [6.07, 6.45) is 3.18. The summed E-state index contributed by atoms with van der Waals surface area (Å²) in [4.78, 5) is 4.94. The Morgan fingerprint density at radius 3 is 2.54 bits per heavy atom. The minimum absolute atomic E-state index is 0.949. The molecule has 3 heteroatoms. The van der Waals surface area contributed by atoms with Crippen molar-refractivity contribution >= 4 is 28.1 Å². The first-order valence-electron chi connectivity index (χ1n) is 9.94. The first kappa shape index (κ1) is 17.2. The van der Waals surface area contributed by atoms with E-state index in [1.165, 1.54) is 55.5 Å². The molecule has 0 aliphatic carbocycles. The van der Waals surface area contributed by atoms with E-state index in [1.807, 2.05) is 0 Å². The molecule has 28 heavy (non-hydrogen) atoms. The standard InChI is InChI=1S/C25H26N3/c1-14-10-23-26-25-18(5)17(4)19(12-22(25)28(23)13-14)21-11-16(3)24-15(2)8-7-9-20(24)27(21)6/h7-9,11-13H,10H2,1-6H3/q+1. The maximum atomic E-state index is 4.94. The van der Waals surface area contributed by atoms with Crippen molar-refractivity contribution in [3.63, 3.8) is 0 Å². The van der Waals surface area contributed by atoms with Crippen molar-refractivity contribution in [1.82, 2.24) is 9.55 Å². The van der Waals surface area contributed by atoms with E-state index in [-0.39, 0.29) is 0 Å². The smallest absolute Gasteiger partial charge is 0.213 e. The first-order valence-corrected chi connectivity index (χ1v) is 9.94. The number of pyridine rings is 1. The van der Waals surface area contributed by atoms with Crippen LogP contribution in [-0.2, 0) is 13.5 Å². The molecule has 0 unspecified atom stereocenters. The predicted octanol–water partition coefficient (Wildman–Crippen LogP) is 5.33. The highest BCUT2D eigenvalue weighted by atomic mass is 15.1. The molecular formula is C25H26N3+. The highest BCUT2D eigenvalue weighted by molar-refractivity contribution is 5.90. The van der Waals surface area contributed by atoms with Crippen LogP contribution < -0.4 is 4.57 Å². The van der Waals surface area contributed by atoms with Crippen LogP contribution in [0.5, 0.6) is 0 Å². The minimum Gasteiger partial charge on any atom is -0.303 e. The molecule has 0 fully saturated rings. The lowest BCUT2D eigenvalue weighted by Crippen LogP contribution is -2.32. The molecule has 3 heterocycles. The third kappa shape index (κ3) is 2.22. The Morgan fingerprint density at radius 1 is 0.964 bits per heavy atom. The zero-order valence-corrected chi connectivity index (χ0v) is 17.5. The van der Waals surface area contributed by atoms with Gasteiger partial charge in [-0.15, -0.1) is 0 Å². The Bertz CT molecular complexity index is 1340. The second-order valence-electron chi connectivity index (χ2n) is 8.33. The lowest BCUT2D eigenvalue weighted by atomic mass is 9.95. The Hall–Kier alpha value is -2.94. The van der Waals surface area contributed by atoms with Crippen molar-refractivity contribution in [2.24, 2.45) is 7.05 Å². The van der Waals surface area contributed by atoms with Gasteiger partial charge in [0.15, 0.2) is 0 Å². The van der Waals surface area contributed by atoms with Crippen molar-refractivity contribution in [1.29, 1.82) is 0 Å². The molecule has 2 aromatic heterocycles. The number of aromatic nitrogens is 3. The van der Waals surface area contributed by atoms with Gasteiger partial charge in [0, 0.05) is 24.8 Å². The molecule has 0 N–H and O–H groups in total. The molecule has 0 saturated carbocycles. The monoisotopic (exact) mass is 368 g/mol. The van der Waals surface area contributed by atoms with Crippen LogP contribution in [0.25, 0.3) is 39.4 Å². The zero-order valence-electron chi connectivity index (χ0n) is 17.5. The fraction of sp³-hybridized carbons (Fsp3) is 0.280. The maximum absolute atomic E-state index is 4.94. The van der Waals surface area contributed by atoms with Crippen molar-refractivity contribution in [3.8, 4) is 11.3 Å². The Morgan fingerprint density at radius 2 is 1.75 bits per heavy atom. The minimum atomic E-state index is 0.949. The molecule has 0 saturated heterocycles. The highest BCUT2D eigenvalue weighted by Crippen LogP contribution is 2.34. The summed E-state index contributed by atoms with van der Waals surface area (Å²) in [6, 6.07) is 11.2. The van der Waals surface area contributed by atoms with Crippen LogP contribution in [0.3, 0.4) is 0 Å². The van der Waals surface area contributed by atoms with Crippen LogP contribution >= 0.6 is 0 Å². The Labute approximate surface area is 166 Å². The van der Waals surface area contributed by atoms with E-state index in [9.17, 15) is 0 Å². The van der Waals surface area contributed by atoms with Crippen LogP contribution in [0.4, 0.5) is 0 Å². The highest BCUT2D eigenvalue weighted by Gasteiger charge is 2.24. The van der Waals surface area contributed by atoms with Gasteiger partial charge in [0.05, 0.1) is 22.0 Å². The number of nitrogens with zero attached hydrogens (tertiary/aromatic N) is 3. The zero-order chi connectivity index (χ0) is 19.7. The number of hydrogen-bond donors (Lipinski definition) is 0. The molecule has 1 aliphatic heterocycles. The molecule has 0 bridgehead atoms. The van der Waals surface area contributed by atoms with Crippen LogP contribution in [-0.4, -0.2) is 9.55 Å².